The number of carbonyl (C=O) groups is 1. The Morgan fingerprint density at radius 3 is 3.00 bits per heavy atom. The Kier molecular flexibility index (Phi) is 3.16. The molecule has 0 amide bonds. The lowest BCUT2D eigenvalue weighted by atomic mass is 10.1. The molecule has 0 bridgehead atoms. The lowest BCUT2D eigenvalue weighted by molar-refractivity contribution is 0.0697. The van der Waals surface area contributed by atoms with Crippen molar-refractivity contribution in [2.75, 3.05) is 0 Å². The molecule has 0 unspecified atom stereocenters. The summed E-state index contributed by atoms with van der Waals surface area (Å²) in [5.41, 5.74) is 1.72. The first-order chi connectivity index (χ1) is 11.6. The van der Waals surface area contributed by atoms with Crippen LogP contribution in [0.2, 0.25) is 0 Å². The van der Waals surface area contributed by atoms with Crippen LogP contribution in [0, 0.1) is 0 Å². The van der Waals surface area contributed by atoms with Crippen LogP contribution in [0.1, 0.15) is 16.1 Å². The van der Waals surface area contributed by atoms with Crippen molar-refractivity contribution in [3.8, 4) is 0 Å². The Hall–Kier alpha value is -3.42. The first kappa shape index (κ1) is 14.2. The van der Waals surface area contributed by atoms with Crippen LogP contribution in [0.15, 0.2) is 47.7 Å². The van der Waals surface area contributed by atoms with E-state index < -0.39 is 5.97 Å². The smallest absolute Gasteiger partial charge is 0.335 e. The number of hydrogen-bond acceptors (Lipinski definition) is 4. The maximum Gasteiger partial charge on any atom is 0.335 e. The van der Waals surface area contributed by atoms with Gasteiger partial charge >= 0.3 is 5.97 Å². The number of aromatic carboxylic acids is 1. The number of carboxylic acid groups (broad SMARTS) is 1. The molecule has 0 spiro atoms. The van der Waals surface area contributed by atoms with Crippen LogP contribution >= 0.6 is 0 Å². The van der Waals surface area contributed by atoms with Gasteiger partial charge in [0.25, 0.3) is 5.56 Å². The van der Waals surface area contributed by atoms with Crippen LogP contribution in [0.5, 0.6) is 0 Å². The highest BCUT2D eigenvalue weighted by Gasteiger charge is 2.08. The molecule has 0 aliphatic rings. The van der Waals surface area contributed by atoms with Gasteiger partial charge in [0.1, 0.15) is 0 Å². The van der Waals surface area contributed by atoms with E-state index in [-0.39, 0.29) is 11.1 Å². The van der Waals surface area contributed by atoms with Gasteiger partial charge in [0, 0.05) is 42.5 Å². The monoisotopic (exact) mass is 323 g/mol. The lowest BCUT2D eigenvalue weighted by Crippen LogP contribution is -2.15. The molecule has 0 saturated carbocycles. The Balaban J connectivity index is 1.62. The topological polar surface area (TPSA) is 105 Å². The highest BCUT2D eigenvalue weighted by Crippen LogP contribution is 2.16. The van der Waals surface area contributed by atoms with Crippen LogP contribution in [-0.4, -0.2) is 35.2 Å². The highest BCUT2D eigenvalue weighted by molar-refractivity contribution is 5.93. The number of aromatic amines is 1. The molecule has 4 aromatic rings. The van der Waals surface area contributed by atoms with Crippen molar-refractivity contribution in [2.45, 2.75) is 13.0 Å². The quantitative estimate of drug-likeness (QED) is 0.589. The van der Waals surface area contributed by atoms with Crippen molar-refractivity contribution < 1.29 is 9.90 Å². The Morgan fingerprint density at radius 2 is 2.17 bits per heavy atom. The lowest BCUT2D eigenvalue weighted by Gasteiger charge is -2.05. The van der Waals surface area contributed by atoms with Gasteiger partial charge in [-0.2, -0.15) is 5.10 Å². The average molecular weight is 323 g/mol. The van der Waals surface area contributed by atoms with Crippen molar-refractivity contribution in [3.05, 3.63) is 64.5 Å². The summed E-state index contributed by atoms with van der Waals surface area (Å²) in [5, 5.41) is 14.1. The van der Waals surface area contributed by atoms with Crippen LogP contribution in [-0.2, 0) is 13.0 Å². The molecule has 4 rings (SSSR count). The summed E-state index contributed by atoms with van der Waals surface area (Å²) in [6.07, 6.45) is 5.40. The van der Waals surface area contributed by atoms with Crippen LogP contribution in [0.4, 0.5) is 0 Å². The summed E-state index contributed by atoms with van der Waals surface area (Å²) in [5.74, 6) is -0.454. The molecule has 3 aromatic heterocycles. The molecule has 3 heterocycles. The fourth-order valence-corrected chi connectivity index (χ4v) is 2.73. The number of carboxylic acids is 1. The molecule has 2 N–H and O–H groups in total. The predicted molar refractivity (Wildman–Crippen MR) is 86.2 cm³/mol. The zero-order valence-corrected chi connectivity index (χ0v) is 12.5. The summed E-state index contributed by atoms with van der Waals surface area (Å²) in [7, 11) is 0. The normalized spacial score (nSPS) is 11.3. The van der Waals surface area contributed by atoms with Gasteiger partial charge in [-0.05, 0) is 18.2 Å². The van der Waals surface area contributed by atoms with Crippen molar-refractivity contribution in [2.24, 2.45) is 0 Å². The summed E-state index contributed by atoms with van der Waals surface area (Å²) in [4.78, 5) is 30.2. The number of rotatable bonds is 4. The number of fused-ring (bicyclic) bond motifs is 2. The van der Waals surface area contributed by atoms with Gasteiger partial charge in [0.05, 0.1) is 17.3 Å². The number of benzene rings is 1. The molecule has 24 heavy (non-hydrogen) atoms. The molecule has 0 aliphatic heterocycles. The average Bonchev–Trinajstić information content (AvgIpc) is 3.19. The van der Waals surface area contributed by atoms with E-state index in [4.69, 9.17) is 5.11 Å². The summed E-state index contributed by atoms with van der Waals surface area (Å²) < 4.78 is 3.23. The predicted octanol–water partition coefficient (Wildman–Crippen LogP) is 1.31. The Labute approximate surface area is 135 Å². The zero-order valence-electron chi connectivity index (χ0n) is 12.5. The first-order valence-electron chi connectivity index (χ1n) is 7.36. The van der Waals surface area contributed by atoms with Gasteiger partial charge < -0.3 is 10.1 Å². The molecule has 0 saturated heterocycles. The number of nitrogens with one attached hydrogen (secondary N) is 1. The van der Waals surface area contributed by atoms with Gasteiger partial charge in [0.15, 0.2) is 0 Å². The molecular formula is C16H13N5O3. The fourth-order valence-electron chi connectivity index (χ4n) is 2.73. The van der Waals surface area contributed by atoms with E-state index in [0.717, 1.165) is 16.6 Å². The molecule has 0 aliphatic carbocycles. The van der Waals surface area contributed by atoms with Crippen LogP contribution < -0.4 is 5.56 Å². The largest absolute Gasteiger partial charge is 0.478 e. The van der Waals surface area contributed by atoms with Gasteiger partial charge in [-0.25, -0.2) is 9.78 Å². The minimum atomic E-state index is -0.963. The number of hydrogen-bond donors (Lipinski definition) is 2. The van der Waals surface area contributed by atoms with E-state index >= 15 is 0 Å². The summed E-state index contributed by atoms with van der Waals surface area (Å²) >= 11 is 0. The third-order valence-electron chi connectivity index (χ3n) is 3.93. The number of H-pyrrole nitrogens is 1. The molecule has 0 fully saturated rings. The number of aromatic nitrogens is 5. The molecule has 8 nitrogen and oxygen atoms in total. The molecule has 1 aromatic carbocycles. The van der Waals surface area contributed by atoms with Crippen molar-refractivity contribution in [1.29, 1.82) is 0 Å². The maximum atomic E-state index is 12.0. The molecule has 8 heteroatoms. The zero-order chi connectivity index (χ0) is 16.7. The van der Waals surface area contributed by atoms with Gasteiger partial charge in [-0.3, -0.25) is 13.9 Å². The van der Waals surface area contributed by atoms with E-state index in [9.17, 15) is 9.59 Å². The van der Waals surface area contributed by atoms with E-state index in [0.29, 0.717) is 18.7 Å². The highest BCUT2D eigenvalue weighted by atomic mass is 16.4. The second kappa shape index (κ2) is 5.34. The number of imidazole rings is 1. The molecule has 0 radical (unpaired) electrons. The minimum absolute atomic E-state index is 0.132. The SMILES string of the molecule is O=C(O)c1ccc2c(cnn2CCc2cc(=O)n3ccnc3[nH]2)c1. The van der Waals surface area contributed by atoms with Crippen LogP contribution in [0.3, 0.4) is 0 Å². The third-order valence-corrected chi connectivity index (χ3v) is 3.93. The summed E-state index contributed by atoms with van der Waals surface area (Å²) in [6, 6.07) is 6.44. The van der Waals surface area contributed by atoms with Gasteiger partial charge in [0.2, 0.25) is 5.78 Å². The molecular weight excluding hydrogens is 310 g/mol. The molecule has 120 valence electrons. The van der Waals surface area contributed by atoms with E-state index in [1.807, 2.05) is 0 Å². The Bertz CT molecular complexity index is 1120. The van der Waals surface area contributed by atoms with E-state index in [1.165, 1.54) is 4.40 Å². The van der Waals surface area contributed by atoms with Gasteiger partial charge in [-0.1, -0.05) is 0 Å². The van der Waals surface area contributed by atoms with Crippen LogP contribution in [0.25, 0.3) is 16.7 Å². The van der Waals surface area contributed by atoms with E-state index in [1.54, 1.807) is 47.5 Å². The first-order valence-corrected chi connectivity index (χ1v) is 7.36. The van der Waals surface area contributed by atoms with Crippen molar-refractivity contribution >= 4 is 22.6 Å². The number of nitrogens with zero attached hydrogens (tertiary/aromatic N) is 4. The fraction of sp³-hybridized carbons (Fsp3) is 0.125. The number of aryl methyl sites for hydroxylation is 2. The second-order valence-electron chi connectivity index (χ2n) is 5.45. The van der Waals surface area contributed by atoms with Crippen molar-refractivity contribution in [1.82, 2.24) is 24.1 Å². The summed E-state index contributed by atoms with van der Waals surface area (Å²) in [6.45, 7) is 0.558. The Morgan fingerprint density at radius 1 is 1.29 bits per heavy atom. The standard InChI is InChI=1S/C16H13N5O3/c22-14-8-12(19-16-17-4-6-20(14)16)3-5-21-13-2-1-10(15(23)24)7-11(13)9-18-21/h1-2,4,6-9H,3,5H2,(H,17,19)(H,23,24). The van der Waals surface area contributed by atoms with Crippen molar-refractivity contribution in [3.63, 3.8) is 0 Å². The van der Waals surface area contributed by atoms with E-state index in [2.05, 4.69) is 15.1 Å². The minimum Gasteiger partial charge on any atom is -0.478 e. The molecule has 0 atom stereocenters. The second-order valence-corrected chi connectivity index (χ2v) is 5.45. The van der Waals surface area contributed by atoms with Gasteiger partial charge in [-0.15, -0.1) is 0 Å². The third kappa shape index (κ3) is 2.34. The maximum absolute atomic E-state index is 12.0.